The first-order valence-corrected chi connectivity index (χ1v) is 11.0. The fourth-order valence-electron chi connectivity index (χ4n) is 5.62. The van der Waals surface area contributed by atoms with Crippen LogP contribution in [0.15, 0.2) is 78.9 Å². The highest BCUT2D eigenvalue weighted by atomic mass is 15.5. The molecular weight excluding hydrogens is 364 g/mol. The van der Waals surface area contributed by atoms with Crippen molar-refractivity contribution in [3.63, 3.8) is 0 Å². The van der Waals surface area contributed by atoms with E-state index in [0.717, 1.165) is 11.1 Å². The van der Waals surface area contributed by atoms with Gasteiger partial charge >= 0.3 is 0 Å². The van der Waals surface area contributed by atoms with Crippen molar-refractivity contribution in [2.24, 2.45) is 5.41 Å². The second-order valence-corrected chi connectivity index (χ2v) is 9.82. The van der Waals surface area contributed by atoms with Gasteiger partial charge in [-0.3, -0.25) is 0 Å². The van der Waals surface area contributed by atoms with Crippen LogP contribution in [0.5, 0.6) is 0 Å². The number of benzene rings is 3. The van der Waals surface area contributed by atoms with Crippen molar-refractivity contribution < 1.29 is 1.37 Å². The summed E-state index contributed by atoms with van der Waals surface area (Å²) in [5.41, 5.74) is 5.96. The molecule has 0 aromatic heterocycles. The minimum absolute atomic E-state index is 0.000338. The van der Waals surface area contributed by atoms with Gasteiger partial charge in [0.25, 0.3) is 0 Å². The fraction of sp³-hybridized carbons (Fsp3) is 0.357. The molecule has 2 heteroatoms. The van der Waals surface area contributed by atoms with Crippen molar-refractivity contribution in [3.8, 4) is 0 Å². The molecule has 0 bridgehead atoms. The van der Waals surface area contributed by atoms with E-state index in [-0.39, 0.29) is 23.7 Å². The van der Waals surface area contributed by atoms with Crippen LogP contribution < -0.4 is 9.80 Å². The van der Waals surface area contributed by atoms with E-state index in [1.54, 1.807) is 0 Å². The van der Waals surface area contributed by atoms with E-state index in [2.05, 4.69) is 117 Å². The lowest BCUT2D eigenvalue weighted by Gasteiger charge is -2.42. The number of fused-ring (bicyclic) bond motifs is 3. The maximum Gasteiger partial charge on any atom is 0.107 e. The third kappa shape index (κ3) is 2.77. The molecule has 3 unspecified atom stereocenters. The Kier molecular flexibility index (Phi) is 4.16. The SMILES string of the molecule is [2H]C1(c2ccccc2)c2ccccc2N2C(C(C)(C)C)N(c3ccccc3C)[C@@H](C)C21. The monoisotopic (exact) mass is 397 g/mol. The van der Waals surface area contributed by atoms with Gasteiger partial charge in [0.15, 0.2) is 0 Å². The largest absolute Gasteiger partial charge is 0.346 e. The molecule has 0 saturated carbocycles. The number of nitrogens with zero attached hydrogens (tertiary/aromatic N) is 2. The summed E-state index contributed by atoms with van der Waals surface area (Å²) in [5.74, 6) is -0.821. The Labute approximate surface area is 182 Å². The zero-order chi connectivity index (χ0) is 22.0. The molecule has 0 aliphatic carbocycles. The minimum Gasteiger partial charge on any atom is -0.346 e. The van der Waals surface area contributed by atoms with Crippen LogP contribution in [0.1, 0.15) is 51.7 Å². The van der Waals surface area contributed by atoms with Crippen molar-refractivity contribution in [2.45, 2.75) is 58.8 Å². The Hall–Kier alpha value is -2.74. The standard InChI is InChI=1S/C28H32N2/c1-19-13-9-11-17-23(19)29-20(2)26-25(21-14-7-6-8-15-21)22-16-10-12-18-24(22)30(26)27(29)28(3,4)5/h6-18,20,25-27H,1-5H3/t20-,25?,26?,27?/m0/s1/i25D. The summed E-state index contributed by atoms with van der Waals surface area (Å²) in [6.07, 6.45) is 0.158. The van der Waals surface area contributed by atoms with Crippen molar-refractivity contribution in [2.75, 3.05) is 9.80 Å². The number of rotatable bonds is 2. The molecule has 2 heterocycles. The van der Waals surface area contributed by atoms with Gasteiger partial charge in [-0.15, -0.1) is 0 Å². The molecule has 154 valence electrons. The van der Waals surface area contributed by atoms with Gasteiger partial charge in [0.1, 0.15) is 6.17 Å². The van der Waals surface area contributed by atoms with Crippen LogP contribution in [-0.4, -0.2) is 18.2 Å². The molecule has 0 N–H and O–H groups in total. The van der Waals surface area contributed by atoms with Gasteiger partial charge in [-0.25, -0.2) is 0 Å². The van der Waals surface area contributed by atoms with E-state index in [0.29, 0.717) is 0 Å². The van der Waals surface area contributed by atoms with Crippen LogP contribution in [0.4, 0.5) is 11.4 Å². The Balaban J connectivity index is 1.78. The summed E-state index contributed by atoms with van der Waals surface area (Å²) in [6, 6.07) is 27.9. The molecule has 2 aliphatic heterocycles. The van der Waals surface area contributed by atoms with Crippen LogP contribution in [0.25, 0.3) is 0 Å². The van der Waals surface area contributed by atoms with Crippen LogP contribution in [-0.2, 0) is 0 Å². The van der Waals surface area contributed by atoms with Gasteiger partial charge < -0.3 is 9.80 Å². The quantitative estimate of drug-likeness (QED) is 0.481. The Morgan fingerprint density at radius 3 is 2.03 bits per heavy atom. The molecule has 1 fully saturated rings. The lowest BCUT2D eigenvalue weighted by atomic mass is 9.85. The predicted molar refractivity (Wildman–Crippen MR) is 127 cm³/mol. The van der Waals surface area contributed by atoms with Gasteiger partial charge in [0, 0.05) is 30.1 Å². The van der Waals surface area contributed by atoms with Crippen molar-refractivity contribution >= 4 is 11.4 Å². The summed E-state index contributed by atoms with van der Waals surface area (Å²) in [6.45, 7) is 11.5. The van der Waals surface area contributed by atoms with E-state index < -0.39 is 5.89 Å². The van der Waals surface area contributed by atoms with E-state index in [4.69, 9.17) is 0 Å². The van der Waals surface area contributed by atoms with Gasteiger partial charge in [-0.05, 0) is 42.7 Å². The van der Waals surface area contributed by atoms with Gasteiger partial charge in [-0.1, -0.05) is 87.5 Å². The molecule has 0 amide bonds. The fourth-order valence-corrected chi connectivity index (χ4v) is 5.62. The highest BCUT2D eigenvalue weighted by Crippen LogP contribution is 2.55. The summed E-state index contributed by atoms with van der Waals surface area (Å²) < 4.78 is 9.99. The van der Waals surface area contributed by atoms with Gasteiger partial charge in [-0.2, -0.15) is 0 Å². The number of hydrogen-bond donors (Lipinski definition) is 0. The average Bonchev–Trinajstić information content (AvgIpc) is 3.21. The van der Waals surface area contributed by atoms with Gasteiger partial charge in [0.05, 0.1) is 6.04 Å². The highest BCUT2D eigenvalue weighted by Gasteiger charge is 2.56. The Morgan fingerprint density at radius 2 is 1.37 bits per heavy atom. The predicted octanol–water partition coefficient (Wildman–Crippen LogP) is 6.60. The first kappa shape index (κ1) is 18.1. The van der Waals surface area contributed by atoms with Gasteiger partial charge in [0.2, 0.25) is 0 Å². The van der Waals surface area contributed by atoms with E-state index >= 15 is 0 Å². The zero-order valence-electron chi connectivity index (χ0n) is 19.6. The third-order valence-electron chi connectivity index (χ3n) is 6.74. The summed E-state index contributed by atoms with van der Waals surface area (Å²) in [5, 5.41) is 0. The Morgan fingerprint density at radius 1 is 0.767 bits per heavy atom. The van der Waals surface area contributed by atoms with Crippen LogP contribution in [0.2, 0.25) is 0 Å². The van der Waals surface area contributed by atoms with E-state index in [1.165, 1.54) is 16.9 Å². The average molecular weight is 398 g/mol. The first-order chi connectivity index (χ1) is 14.8. The third-order valence-corrected chi connectivity index (χ3v) is 6.74. The maximum absolute atomic E-state index is 9.99. The smallest absolute Gasteiger partial charge is 0.107 e. The molecule has 2 nitrogen and oxygen atoms in total. The normalized spacial score (nSPS) is 28.3. The summed E-state index contributed by atoms with van der Waals surface area (Å²) in [4.78, 5) is 5.15. The van der Waals surface area contributed by atoms with Crippen LogP contribution in [0, 0.1) is 12.3 Å². The number of anilines is 2. The number of aryl methyl sites for hydroxylation is 1. The molecule has 30 heavy (non-hydrogen) atoms. The summed E-state index contributed by atoms with van der Waals surface area (Å²) in [7, 11) is 0. The van der Waals surface area contributed by atoms with Crippen molar-refractivity contribution in [1.82, 2.24) is 0 Å². The van der Waals surface area contributed by atoms with E-state index in [1.807, 2.05) is 6.07 Å². The molecule has 4 atom stereocenters. The molecule has 2 aliphatic rings. The van der Waals surface area contributed by atoms with Crippen LogP contribution >= 0.6 is 0 Å². The highest BCUT2D eigenvalue weighted by molar-refractivity contribution is 5.72. The minimum atomic E-state index is -0.821. The lowest BCUT2D eigenvalue weighted by Crippen LogP contribution is -2.49. The molecule has 1 saturated heterocycles. The molecule has 0 radical (unpaired) electrons. The molecule has 3 aromatic rings. The number of hydrogen-bond acceptors (Lipinski definition) is 2. The first-order valence-electron chi connectivity index (χ1n) is 11.5. The molecular formula is C28H32N2. The maximum atomic E-state index is 9.99. The molecule has 0 spiro atoms. The van der Waals surface area contributed by atoms with E-state index in [9.17, 15) is 1.37 Å². The zero-order valence-corrected chi connectivity index (χ0v) is 18.6. The molecule has 5 rings (SSSR count). The summed E-state index contributed by atoms with van der Waals surface area (Å²) >= 11 is 0. The topological polar surface area (TPSA) is 6.48 Å². The Bertz CT molecular complexity index is 1100. The van der Waals surface area contributed by atoms with Crippen molar-refractivity contribution in [3.05, 3.63) is 95.6 Å². The molecule has 3 aromatic carbocycles. The van der Waals surface area contributed by atoms with Crippen molar-refractivity contribution in [1.29, 1.82) is 0 Å². The second-order valence-electron chi connectivity index (χ2n) is 9.82. The lowest BCUT2D eigenvalue weighted by molar-refractivity contribution is 0.317. The van der Waals surface area contributed by atoms with Crippen LogP contribution in [0.3, 0.4) is 0 Å². The second kappa shape index (κ2) is 6.91. The number of para-hydroxylation sites is 2.